The Bertz CT molecular complexity index is 781. The second-order valence-electron chi connectivity index (χ2n) is 5.38. The highest BCUT2D eigenvalue weighted by molar-refractivity contribution is 5.71. The molecular formula is C20H24O6. The van der Waals surface area contributed by atoms with E-state index in [0.29, 0.717) is 42.0 Å². The van der Waals surface area contributed by atoms with Crippen LogP contribution >= 0.6 is 0 Å². The summed E-state index contributed by atoms with van der Waals surface area (Å²) in [6.45, 7) is 4.93. The molecule has 26 heavy (non-hydrogen) atoms. The van der Waals surface area contributed by atoms with E-state index < -0.39 is 5.63 Å². The first-order valence-corrected chi connectivity index (χ1v) is 8.46. The van der Waals surface area contributed by atoms with E-state index in [0.717, 1.165) is 12.0 Å². The van der Waals surface area contributed by atoms with Gasteiger partial charge >= 0.3 is 5.63 Å². The minimum Gasteiger partial charge on any atom is -0.493 e. The molecule has 0 atom stereocenters. The Morgan fingerprint density at radius 2 is 1.65 bits per heavy atom. The summed E-state index contributed by atoms with van der Waals surface area (Å²) in [6, 6.07) is 6.64. The lowest BCUT2D eigenvalue weighted by Gasteiger charge is -2.14. The Morgan fingerprint density at radius 3 is 2.23 bits per heavy atom. The smallest absolute Gasteiger partial charge is 0.339 e. The van der Waals surface area contributed by atoms with Gasteiger partial charge in [0.1, 0.15) is 11.5 Å². The highest BCUT2D eigenvalue weighted by Gasteiger charge is 2.13. The van der Waals surface area contributed by atoms with Crippen molar-refractivity contribution in [3.05, 3.63) is 46.0 Å². The Labute approximate surface area is 153 Å². The largest absolute Gasteiger partial charge is 0.493 e. The quantitative estimate of drug-likeness (QED) is 0.673. The zero-order valence-corrected chi connectivity index (χ0v) is 15.5. The summed E-state index contributed by atoms with van der Waals surface area (Å²) in [7, 11) is 3.14. The van der Waals surface area contributed by atoms with Gasteiger partial charge in [-0.3, -0.25) is 0 Å². The normalized spacial score (nSPS) is 10.8. The third-order valence-electron chi connectivity index (χ3n) is 3.45. The summed E-state index contributed by atoms with van der Waals surface area (Å²) in [5, 5.41) is 0. The minimum atomic E-state index is -0.458. The summed E-state index contributed by atoms with van der Waals surface area (Å²) in [4.78, 5) is 11.7. The monoisotopic (exact) mass is 360 g/mol. The molecule has 2 aromatic rings. The molecule has 6 nitrogen and oxygen atoms in total. The maximum atomic E-state index is 11.7. The molecule has 0 aliphatic rings. The minimum absolute atomic E-state index is 0.399. The van der Waals surface area contributed by atoms with Gasteiger partial charge < -0.3 is 23.4 Å². The lowest BCUT2D eigenvalue weighted by atomic mass is 10.1. The number of ether oxygens (including phenoxy) is 4. The summed E-state index contributed by atoms with van der Waals surface area (Å²) >= 11 is 0. The Morgan fingerprint density at radius 1 is 0.962 bits per heavy atom. The highest BCUT2D eigenvalue weighted by Crippen LogP contribution is 2.39. The predicted molar refractivity (Wildman–Crippen MR) is 100 cm³/mol. The van der Waals surface area contributed by atoms with Crippen molar-refractivity contribution in [1.82, 2.24) is 0 Å². The van der Waals surface area contributed by atoms with E-state index in [1.165, 1.54) is 6.07 Å². The molecule has 0 amide bonds. The summed E-state index contributed by atoms with van der Waals surface area (Å²) in [5.74, 6) is 2.57. The zero-order valence-electron chi connectivity index (χ0n) is 15.5. The molecule has 0 aliphatic carbocycles. The van der Waals surface area contributed by atoms with E-state index >= 15 is 0 Å². The van der Waals surface area contributed by atoms with Gasteiger partial charge in [-0.15, -0.1) is 0 Å². The van der Waals surface area contributed by atoms with Gasteiger partial charge in [-0.05, 0) is 37.1 Å². The maximum Gasteiger partial charge on any atom is 0.339 e. The van der Waals surface area contributed by atoms with Crippen molar-refractivity contribution in [1.29, 1.82) is 0 Å². The third-order valence-corrected chi connectivity index (χ3v) is 3.45. The molecule has 1 aromatic heterocycles. The molecule has 0 bridgehead atoms. The van der Waals surface area contributed by atoms with Crippen molar-refractivity contribution >= 4 is 12.2 Å². The van der Waals surface area contributed by atoms with E-state index in [9.17, 15) is 4.79 Å². The topological polar surface area (TPSA) is 67.1 Å². The second kappa shape index (κ2) is 9.56. The van der Waals surface area contributed by atoms with Crippen LogP contribution in [-0.4, -0.2) is 27.4 Å². The van der Waals surface area contributed by atoms with Gasteiger partial charge in [0.15, 0.2) is 11.5 Å². The molecule has 0 fully saturated rings. The van der Waals surface area contributed by atoms with Gasteiger partial charge in [0.2, 0.25) is 5.75 Å². The Balaban J connectivity index is 2.32. The van der Waals surface area contributed by atoms with Crippen molar-refractivity contribution in [3.63, 3.8) is 0 Å². The fraction of sp³-hybridized carbons (Fsp3) is 0.350. The van der Waals surface area contributed by atoms with Gasteiger partial charge in [0, 0.05) is 6.07 Å². The van der Waals surface area contributed by atoms with Crippen LogP contribution in [0.25, 0.3) is 12.2 Å². The van der Waals surface area contributed by atoms with Crippen molar-refractivity contribution < 1.29 is 23.4 Å². The Hall–Kier alpha value is -2.89. The standard InChI is InChI=1S/C20H24O6/c1-5-9-25-16-12-15(26-19(21)13-16)8-7-14-10-17(22-3)20(24-6-2)18(11-14)23-4/h7-8,10-13H,5-6,9H2,1-4H3. The van der Waals surface area contributed by atoms with Crippen LogP contribution in [0.4, 0.5) is 0 Å². The summed E-state index contributed by atoms with van der Waals surface area (Å²) in [6.07, 6.45) is 4.34. The number of hydrogen-bond acceptors (Lipinski definition) is 6. The van der Waals surface area contributed by atoms with Crippen LogP contribution in [0, 0.1) is 0 Å². The molecule has 2 rings (SSSR count). The number of benzene rings is 1. The van der Waals surface area contributed by atoms with Crippen LogP contribution in [0.2, 0.25) is 0 Å². The van der Waals surface area contributed by atoms with E-state index in [4.69, 9.17) is 23.4 Å². The third kappa shape index (κ3) is 5.05. The zero-order chi connectivity index (χ0) is 18.9. The molecule has 140 valence electrons. The van der Waals surface area contributed by atoms with E-state index in [-0.39, 0.29) is 0 Å². The molecule has 0 saturated carbocycles. The van der Waals surface area contributed by atoms with Crippen molar-refractivity contribution in [2.75, 3.05) is 27.4 Å². The number of hydrogen-bond donors (Lipinski definition) is 0. The average molecular weight is 360 g/mol. The predicted octanol–water partition coefficient (Wildman–Crippen LogP) is 4.01. The van der Waals surface area contributed by atoms with Gasteiger partial charge in [-0.25, -0.2) is 4.79 Å². The lowest BCUT2D eigenvalue weighted by Crippen LogP contribution is -2.02. The van der Waals surface area contributed by atoms with Crippen molar-refractivity contribution in [2.24, 2.45) is 0 Å². The highest BCUT2D eigenvalue weighted by atomic mass is 16.5. The number of rotatable bonds is 9. The molecule has 1 heterocycles. The van der Waals surface area contributed by atoms with Gasteiger partial charge in [0.05, 0.1) is 33.5 Å². The molecule has 0 aliphatic heterocycles. The second-order valence-corrected chi connectivity index (χ2v) is 5.38. The average Bonchev–Trinajstić information content (AvgIpc) is 2.65. The van der Waals surface area contributed by atoms with Crippen LogP contribution in [0.3, 0.4) is 0 Å². The fourth-order valence-corrected chi connectivity index (χ4v) is 2.32. The SMILES string of the molecule is CCCOc1cc(C=Cc2cc(OC)c(OCC)c(OC)c2)oc(=O)c1. The molecule has 0 spiro atoms. The first-order valence-electron chi connectivity index (χ1n) is 8.46. The van der Waals surface area contributed by atoms with E-state index in [1.807, 2.05) is 26.0 Å². The van der Waals surface area contributed by atoms with Crippen LogP contribution in [0.15, 0.2) is 33.5 Å². The molecule has 0 unspecified atom stereocenters. The van der Waals surface area contributed by atoms with Gasteiger partial charge in [0.25, 0.3) is 0 Å². The maximum absolute atomic E-state index is 11.7. The first kappa shape index (κ1) is 19.4. The molecule has 6 heteroatoms. The molecular weight excluding hydrogens is 336 g/mol. The Kier molecular flexibility index (Phi) is 7.14. The number of methoxy groups -OCH3 is 2. The molecule has 0 radical (unpaired) electrons. The summed E-state index contributed by atoms with van der Waals surface area (Å²) < 4.78 is 27.0. The van der Waals surface area contributed by atoms with Crippen molar-refractivity contribution in [2.45, 2.75) is 20.3 Å². The fourth-order valence-electron chi connectivity index (χ4n) is 2.32. The molecule has 0 saturated heterocycles. The van der Waals surface area contributed by atoms with E-state index in [2.05, 4.69) is 0 Å². The lowest BCUT2D eigenvalue weighted by molar-refractivity contribution is 0.288. The van der Waals surface area contributed by atoms with Crippen molar-refractivity contribution in [3.8, 4) is 23.0 Å². The van der Waals surface area contributed by atoms with Crippen LogP contribution in [0.1, 0.15) is 31.6 Å². The van der Waals surface area contributed by atoms with Gasteiger partial charge in [-0.2, -0.15) is 0 Å². The van der Waals surface area contributed by atoms with Crippen LogP contribution < -0.4 is 24.6 Å². The summed E-state index contributed by atoms with van der Waals surface area (Å²) in [5.41, 5.74) is 0.352. The molecule has 0 N–H and O–H groups in total. The van der Waals surface area contributed by atoms with Crippen LogP contribution in [-0.2, 0) is 0 Å². The van der Waals surface area contributed by atoms with Crippen LogP contribution in [0.5, 0.6) is 23.0 Å². The van der Waals surface area contributed by atoms with Gasteiger partial charge in [-0.1, -0.05) is 13.0 Å². The van der Waals surface area contributed by atoms with E-state index in [1.54, 1.807) is 32.4 Å². The first-order chi connectivity index (χ1) is 12.6. The molecule has 1 aromatic carbocycles.